The largest absolute Gasteiger partial charge is 0.204 e. The SMILES string of the molecule is Fc1cc2c(c(F)c1F)-c1c(F)c(F)c(F)c(F)c1[CH]2[Al-]([CH]1c2cc(F)c(F)c(F)c2-c2c(F)c(F)c(F)c(F)c21)([CH]1c2cc(F)c(F)c(F)c2-c2c(F)c(F)c(F)c(F)c21)[CH]1c2cc(F)c(F)c(F)c2-c2c(F)c(F)c(F)c(F)c21. The first-order valence-corrected chi connectivity index (χ1v) is 24.9. The van der Waals surface area contributed by atoms with Gasteiger partial charge in [-0.15, -0.1) is 19.1 Å². The van der Waals surface area contributed by atoms with Crippen molar-refractivity contribution in [1.29, 1.82) is 0 Å². The summed E-state index contributed by atoms with van der Waals surface area (Å²) in [5.74, 6) is -85.8. The Balaban J connectivity index is 1.52. The third-order valence-electron chi connectivity index (χ3n) is 15.9. The van der Waals surface area contributed by atoms with Gasteiger partial charge in [0.05, 0.1) is 0 Å². The van der Waals surface area contributed by atoms with Gasteiger partial charge in [-0.05, 0) is 46.5 Å². The zero-order valence-corrected chi connectivity index (χ0v) is 38.9. The molecule has 8 aromatic rings. The molecule has 4 aliphatic carbocycles. The van der Waals surface area contributed by atoms with Crippen molar-refractivity contribution in [2.75, 3.05) is 0 Å². The van der Waals surface area contributed by atoms with E-state index in [1.54, 1.807) is 0 Å². The van der Waals surface area contributed by atoms with E-state index in [4.69, 9.17) is 0 Å². The minimum Gasteiger partial charge on any atom is -0.204 e. The summed E-state index contributed by atoms with van der Waals surface area (Å²) in [6.45, 7) is 0. The maximum Gasteiger partial charge on any atom is 0.198 e. The van der Waals surface area contributed by atoms with Gasteiger partial charge in [0.2, 0.25) is 0 Å². The summed E-state index contributed by atoms with van der Waals surface area (Å²) in [5.41, 5.74) is -37.4. The average Bonchev–Trinajstić information content (AvgIpc) is 2.05. The van der Waals surface area contributed by atoms with Crippen molar-refractivity contribution in [3.8, 4) is 44.5 Å². The van der Waals surface area contributed by atoms with Crippen molar-refractivity contribution >= 4 is 13.1 Å². The van der Waals surface area contributed by atoms with Gasteiger partial charge in [0, 0.05) is 44.5 Å². The van der Waals surface area contributed by atoms with Gasteiger partial charge in [0.1, 0.15) is 0 Å². The molecule has 4 unspecified atom stereocenters. The highest BCUT2D eigenvalue weighted by molar-refractivity contribution is 6.88. The molecule has 29 heteroatoms. The maximum absolute atomic E-state index is 17.7. The minimum absolute atomic E-state index is 0.595. The van der Waals surface area contributed by atoms with E-state index < -0.39 is 308 Å². The zero-order chi connectivity index (χ0) is 59.0. The molecule has 0 radical (unpaired) electrons. The normalized spacial score (nSPS) is 17.7. The van der Waals surface area contributed by atoms with Crippen molar-refractivity contribution in [1.82, 2.24) is 0 Å². The molecule has 0 spiro atoms. The Morgan fingerprint density at radius 2 is 0.321 bits per heavy atom. The fraction of sp³-hybridized carbons (Fsp3) is 0.0769. The van der Waals surface area contributed by atoms with E-state index in [0.29, 0.717) is 0 Å². The summed E-state index contributed by atoms with van der Waals surface area (Å²) in [4.78, 5) is 0. The van der Waals surface area contributed by atoms with Crippen LogP contribution in [0.3, 0.4) is 0 Å². The second kappa shape index (κ2) is 17.2. The molecule has 0 heterocycles. The zero-order valence-electron chi connectivity index (χ0n) is 37.8. The number of benzene rings is 8. The average molecular weight is 1190 g/mol. The molecular formula is C52H8AlF28-. The van der Waals surface area contributed by atoms with Gasteiger partial charge in [0.25, 0.3) is 0 Å². The fourth-order valence-corrected chi connectivity index (χ4v) is 22.8. The van der Waals surface area contributed by atoms with E-state index in [1.165, 1.54) is 0 Å². The first-order chi connectivity index (χ1) is 37.9. The summed E-state index contributed by atoms with van der Waals surface area (Å²) in [6.07, 6.45) is 0. The van der Waals surface area contributed by atoms with E-state index in [-0.39, 0.29) is 0 Å². The van der Waals surface area contributed by atoms with Gasteiger partial charge < -0.3 is 0 Å². The molecule has 0 aromatic heterocycles. The molecule has 0 nitrogen and oxygen atoms in total. The third kappa shape index (κ3) is 6.19. The van der Waals surface area contributed by atoms with Gasteiger partial charge in [-0.1, -0.05) is 22.3 Å². The van der Waals surface area contributed by atoms with Crippen LogP contribution in [0.1, 0.15) is 63.6 Å². The van der Waals surface area contributed by atoms with Gasteiger partial charge in [0.15, 0.2) is 176 Å². The molecule has 0 saturated heterocycles. The molecule has 12 rings (SSSR count). The fourth-order valence-electron chi connectivity index (χ4n) is 13.4. The van der Waals surface area contributed by atoms with Crippen LogP contribution >= 0.6 is 0 Å². The Bertz CT molecular complexity index is 3820. The summed E-state index contributed by atoms with van der Waals surface area (Å²) in [6, 6.07) is -2.38. The molecule has 416 valence electrons. The van der Waals surface area contributed by atoms with E-state index in [9.17, 15) is 0 Å². The lowest BCUT2D eigenvalue weighted by molar-refractivity contribution is 0.403. The van der Waals surface area contributed by atoms with Crippen molar-refractivity contribution in [3.63, 3.8) is 0 Å². The van der Waals surface area contributed by atoms with Crippen LogP contribution in [0.25, 0.3) is 44.5 Å². The highest BCUT2D eigenvalue weighted by atomic mass is 27.2. The second-order valence-corrected chi connectivity index (χ2v) is 24.0. The Hall–Kier alpha value is -7.67. The number of halogens is 28. The predicted molar refractivity (Wildman–Crippen MR) is 219 cm³/mol. The van der Waals surface area contributed by atoms with Crippen LogP contribution in [0.2, 0.25) is 0 Å². The van der Waals surface area contributed by atoms with E-state index in [0.717, 1.165) is 0 Å². The van der Waals surface area contributed by atoms with Gasteiger partial charge in [-0.3, -0.25) is 0 Å². The van der Waals surface area contributed by atoms with Crippen LogP contribution in [-0.4, -0.2) is 13.1 Å². The molecule has 4 atom stereocenters. The van der Waals surface area contributed by atoms with Crippen LogP contribution in [0, 0.1) is 163 Å². The molecule has 0 amide bonds. The van der Waals surface area contributed by atoms with E-state index >= 15 is 123 Å². The molecule has 0 N–H and O–H groups in total. The lowest BCUT2D eigenvalue weighted by Crippen LogP contribution is -2.59. The first kappa shape index (κ1) is 53.9. The van der Waals surface area contributed by atoms with Crippen LogP contribution < -0.4 is 0 Å². The van der Waals surface area contributed by atoms with Gasteiger partial charge >= 0.3 is 0 Å². The molecule has 0 bridgehead atoms. The Labute approximate surface area is 430 Å². The quantitative estimate of drug-likeness (QED) is 0.0713. The monoisotopic (exact) mass is 1190 g/mol. The number of hydrogen-bond donors (Lipinski definition) is 0. The summed E-state index contributed by atoms with van der Waals surface area (Å²) < 4.78 is 446. The Morgan fingerprint density at radius 1 is 0.173 bits per heavy atom. The maximum atomic E-state index is 17.7. The first-order valence-electron chi connectivity index (χ1n) is 22.2. The van der Waals surface area contributed by atoms with Crippen molar-refractivity contribution < 1.29 is 123 Å². The van der Waals surface area contributed by atoms with Crippen molar-refractivity contribution in [2.45, 2.75) is 19.1 Å². The molecule has 0 saturated carbocycles. The third-order valence-corrected chi connectivity index (χ3v) is 23.3. The molecule has 8 aromatic carbocycles. The highest BCUT2D eigenvalue weighted by Crippen LogP contribution is 2.73. The van der Waals surface area contributed by atoms with Crippen LogP contribution in [0.4, 0.5) is 123 Å². The lowest BCUT2D eigenvalue weighted by atomic mass is 10.0. The Morgan fingerprint density at radius 3 is 0.494 bits per heavy atom. The predicted octanol–water partition coefficient (Wildman–Crippen LogP) is 16.7. The molecule has 81 heavy (non-hydrogen) atoms. The highest BCUT2D eigenvalue weighted by Gasteiger charge is 2.68. The topological polar surface area (TPSA) is 0 Å². The van der Waals surface area contributed by atoms with Crippen LogP contribution in [0.15, 0.2) is 24.3 Å². The molecule has 0 fully saturated rings. The van der Waals surface area contributed by atoms with E-state index in [1.807, 2.05) is 0 Å². The standard InChI is InChI=1S/4C13H2F7.Al/c4*14-5-2-3-1-4-7(6(3)10(17)9(5)16)11(18)13(20)12(19)8(4)15;/h4*1-2H;/q;;;;-1. The minimum atomic E-state index is -8.92. The van der Waals surface area contributed by atoms with Crippen molar-refractivity contribution in [3.05, 3.63) is 232 Å². The van der Waals surface area contributed by atoms with E-state index in [2.05, 4.69) is 0 Å². The van der Waals surface area contributed by atoms with Crippen LogP contribution in [-0.2, 0) is 0 Å². The molecule has 0 aliphatic heterocycles. The summed E-state index contributed by atoms with van der Waals surface area (Å²) in [7, 11) is 0. The van der Waals surface area contributed by atoms with Gasteiger partial charge in [-0.25, -0.2) is 123 Å². The lowest BCUT2D eigenvalue weighted by Gasteiger charge is -2.57. The summed E-state index contributed by atoms with van der Waals surface area (Å²) in [5, 5.41) is 0. The van der Waals surface area contributed by atoms with Crippen molar-refractivity contribution in [2.24, 2.45) is 0 Å². The van der Waals surface area contributed by atoms with Crippen LogP contribution in [0.5, 0.6) is 0 Å². The molecular weight excluding hydrogens is 1180 g/mol. The number of rotatable bonds is 4. The number of fused-ring (bicyclic) bond motifs is 12. The molecule has 4 aliphatic rings. The summed E-state index contributed by atoms with van der Waals surface area (Å²) >= 11 is -8.92. The van der Waals surface area contributed by atoms with Gasteiger partial charge in [-0.2, -0.15) is 0 Å². The smallest absolute Gasteiger partial charge is 0.198 e. The number of hydrogen-bond acceptors (Lipinski definition) is 0. The Kier molecular flexibility index (Phi) is 11.4. The second-order valence-electron chi connectivity index (χ2n) is 19.0.